The molecule has 0 aliphatic carbocycles. The first-order valence-corrected chi connectivity index (χ1v) is 6.97. The molecule has 1 heterocycles. The van der Waals surface area contributed by atoms with Gasteiger partial charge in [0, 0.05) is 11.6 Å². The quantitative estimate of drug-likeness (QED) is 0.887. The number of H-pyrrole nitrogens is 1. The summed E-state index contributed by atoms with van der Waals surface area (Å²) in [5.41, 5.74) is 10.1. The Morgan fingerprint density at radius 1 is 1.10 bits per heavy atom. The third kappa shape index (κ3) is 2.50. The average molecular weight is 273 g/mol. The van der Waals surface area contributed by atoms with Crippen molar-refractivity contribution in [1.29, 1.82) is 0 Å². The molecule has 0 fully saturated rings. The van der Waals surface area contributed by atoms with E-state index < -0.39 is 0 Å². The third-order valence-electron chi connectivity index (χ3n) is 3.54. The minimum atomic E-state index is 0.393. The Balaban J connectivity index is 2.75. The van der Waals surface area contributed by atoms with Crippen LogP contribution in [0.2, 0.25) is 0 Å². The Bertz CT molecular complexity index is 600. The number of hydrogen-bond donors (Lipinski definition) is 2. The van der Waals surface area contributed by atoms with Gasteiger partial charge < -0.3 is 10.5 Å². The summed E-state index contributed by atoms with van der Waals surface area (Å²) < 4.78 is 5.70. The van der Waals surface area contributed by atoms with Crippen LogP contribution in [0.1, 0.15) is 50.7 Å². The fraction of sp³-hybridized carbons (Fsp3) is 0.438. The number of nitrogens with zero attached hydrogens (tertiary/aromatic N) is 1. The van der Waals surface area contributed by atoms with Gasteiger partial charge in [-0.05, 0) is 23.0 Å². The van der Waals surface area contributed by atoms with Gasteiger partial charge in [-0.1, -0.05) is 39.8 Å². The third-order valence-corrected chi connectivity index (χ3v) is 3.54. The van der Waals surface area contributed by atoms with Crippen LogP contribution in [0.3, 0.4) is 0 Å². The fourth-order valence-electron chi connectivity index (χ4n) is 2.51. The summed E-state index contributed by atoms with van der Waals surface area (Å²) in [7, 11) is 1.72. The number of ether oxygens (including phenoxy) is 1. The lowest BCUT2D eigenvalue weighted by atomic mass is 9.89. The number of nitrogen functional groups attached to an aromatic ring is 1. The van der Waals surface area contributed by atoms with E-state index in [4.69, 9.17) is 10.5 Å². The number of rotatable bonds is 4. The van der Waals surface area contributed by atoms with Crippen molar-refractivity contribution in [2.24, 2.45) is 0 Å². The molecule has 0 amide bonds. The van der Waals surface area contributed by atoms with Crippen molar-refractivity contribution >= 4 is 5.82 Å². The normalized spacial score (nSPS) is 11.3. The molecule has 3 N–H and O–H groups in total. The van der Waals surface area contributed by atoms with Crippen molar-refractivity contribution in [2.75, 3.05) is 12.8 Å². The number of hydrogen-bond acceptors (Lipinski definition) is 3. The second-order valence-electron chi connectivity index (χ2n) is 5.67. The zero-order valence-electron chi connectivity index (χ0n) is 12.8. The van der Waals surface area contributed by atoms with E-state index in [1.54, 1.807) is 7.11 Å². The van der Waals surface area contributed by atoms with Crippen molar-refractivity contribution in [3.8, 4) is 17.0 Å². The second-order valence-corrected chi connectivity index (χ2v) is 5.67. The van der Waals surface area contributed by atoms with Crippen LogP contribution < -0.4 is 10.5 Å². The SMILES string of the molecule is COc1c(C(C)C)ccc(C(C)C)c1-c1cc(N)n[nH]1. The molecule has 0 unspecified atom stereocenters. The highest BCUT2D eigenvalue weighted by Gasteiger charge is 2.20. The summed E-state index contributed by atoms with van der Waals surface area (Å²) in [4.78, 5) is 0. The van der Waals surface area contributed by atoms with Crippen LogP contribution in [0.25, 0.3) is 11.3 Å². The predicted octanol–water partition coefficient (Wildman–Crippen LogP) is 3.91. The summed E-state index contributed by atoms with van der Waals surface area (Å²) in [5.74, 6) is 2.19. The van der Waals surface area contributed by atoms with Crippen LogP contribution in [-0.2, 0) is 0 Å². The molecule has 0 spiro atoms. The summed E-state index contributed by atoms with van der Waals surface area (Å²) in [6.07, 6.45) is 0. The molecule has 0 saturated heterocycles. The standard InChI is InChI=1S/C16H23N3O/c1-9(2)11-6-7-12(10(3)4)16(20-5)15(11)13-8-14(17)19-18-13/h6-10H,1-5H3,(H3,17,18,19). The Labute approximate surface area is 120 Å². The van der Waals surface area contributed by atoms with Crippen molar-refractivity contribution in [2.45, 2.75) is 39.5 Å². The number of methoxy groups -OCH3 is 1. The molecule has 0 bridgehead atoms. The highest BCUT2D eigenvalue weighted by Crippen LogP contribution is 2.41. The zero-order chi connectivity index (χ0) is 14.9. The average Bonchev–Trinajstić information content (AvgIpc) is 2.82. The van der Waals surface area contributed by atoms with Crippen molar-refractivity contribution in [3.05, 3.63) is 29.3 Å². The Morgan fingerprint density at radius 3 is 2.15 bits per heavy atom. The molecule has 4 heteroatoms. The number of aromatic nitrogens is 2. The zero-order valence-corrected chi connectivity index (χ0v) is 12.8. The van der Waals surface area contributed by atoms with Crippen molar-refractivity contribution in [1.82, 2.24) is 10.2 Å². The number of nitrogens with one attached hydrogen (secondary N) is 1. The maximum absolute atomic E-state index is 5.75. The number of benzene rings is 1. The van der Waals surface area contributed by atoms with Crippen LogP contribution in [0.5, 0.6) is 5.75 Å². The molecule has 0 aliphatic rings. The minimum absolute atomic E-state index is 0.393. The smallest absolute Gasteiger partial charge is 0.145 e. The molecule has 0 saturated carbocycles. The van der Waals surface area contributed by atoms with Gasteiger partial charge in [-0.15, -0.1) is 0 Å². The lowest BCUT2D eigenvalue weighted by Gasteiger charge is -2.20. The Hall–Kier alpha value is -1.97. The van der Waals surface area contributed by atoms with Crippen LogP contribution in [0.15, 0.2) is 18.2 Å². The van der Waals surface area contributed by atoms with Gasteiger partial charge in [0.05, 0.1) is 12.8 Å². The monoisotopic (exact) mass is 273 g/mol. The maximum atomic E-state index is 5.75. The van der Waals surface area contributed by atoms with Crippen LogP contribution in [-0.4, -0.2) is 17.3 Å². The Morgan fingerprint density at radius 2 is 1.70 bits per heavy atom. The summed E-state index contributed by atoms with van der Waals surface area (Å²) in [6, 6.07) is 6.19. The van der Waals surface area contributed by atoms with E-state index in [1.165, 1.54) is 11.1 Å². The molecule has 108 valence electrons. The van der Waals surface area contributed by atoms with E-state index in [0.717, 1.165) is 17.0 Å². The van der Waals surface area contributed by atoms with E-state index in [2.05, 4.69) is 50.0 Å². The van der Waals surface area contributed by atoms with Gasteiger partial charge in [0.1, 0.15) is 11.6 Å². The highest BCUT2D eigenvalue weighted by molar-refractivity contribution is 5.75. The summed E-state index contributed by atoms with van der Waals surface area (Å²) in [5, 5.41) is 7.04. The highest BCUT2D eigenvalue weighted by atomic mass is 16.5. The number of anilines is 1. The maximum Gasteiger partial charge on any atom is 0.145 e. The molecule has 2 aromatic rings. The molecular weight excluding hydrogens is 250 g/mol. The molecule has 1 aromatic heterocycles. The first-order chi connectivity index (χ1) is 9.45. The summed E-state index contributed by atoms with van der Waals surface area (Å²) >= 11 is 0. The second kappa shape index (κ2) is 5.57. The number of nitrogens with two attached hydrogens (primary N) is 1. The predicted molar refractivity (Wildman–Crippen MR) is 83.2 cm³/mol. The lowest BCUT2D eigenvalue weighted by Crippen LogP contribution is -2.02. The molecule has 0 radical (unpaired) electrons. The summed E-state index contributed by atoms with van der Waals surface area (Å²) in [6.45, 7) is 8.68. The number of aromatic amines is 1. The first-order valence-electron chi connectivity index (χ1n) is 6.97. The first kappa shape index (κ1) is 14.4. The lowest BCUT2D eigenvalue weighted by molar-refractivity contribution is 0.408. The molecule has 20 heavy (non-hydrogen) atoms. The Kier molecular flexibility index (Phi) is 4.02. The van der Waals surface area contributed by atoms with Gasteiger partial charge in [0.15, 0.2) is 0 Å². The van der Waals surface area contributed by atoms with Gasteiger partial charge in [0.2, 0.25) is 0 Å². The molecule has 2 rings (SSSR count). The van der Waals surface area contributed by atoms with Gasteiger partial charge >= 0.3 is 0 Å². The van der Waals surface area contributed by atoms with E-state index in [9.17, 15) is 0 Å². The van der Waals surface area contributed by atoms with E-state index in [0.29, 0.717) is 17.7 Å². The van der Waals surface area contributed by atoms with E-state index in [-0.39, 0.29) is 0 Å². The van der Waals surface area contributed by atoms with E-state index >= 15 is 0 Å². The van der Waals surface area contributed by atoms with E-state index in [1.807, 2.05) is 6.07 Å². The molecule has 4 nitrogen and oxygen atoms in total. The van der Waals surface area contributed by atoms with Gasteiger partial charge in [-0.3, -0.25) is 5.10 Å². The minimum Gasteiger partial charge on any atom is -0.496 e. The van der Waals surface area contributed by atoms with Gasteiger partial charge in [-0.2, -0.15) is 5.10 Å². The van der Waals surface area contributed by atoms with Crippen LogP contribution >= 0.6 is 0 Å². The molecule has 0 atom stereocenters. The molecular formula is C16H23N3O. The van der Waals surface area contributed by atoms with Gasteiger partial charge in [-0.25, -0.2) is 0 Å². The van der Waals surface area contributed by atoms with Crippen LogP contribution in [0, 0.1) is 0 Å². The fourth-order valence-corrected chi connectivity index (χ4v) is 2.51. The topological polar surface area (TPSA) is 63.9 Å². The van der Waals surface area contributed by atoms with Crippen molar-refractivity contribution < 1.29 is 4.74 Å². The van der Waals surface area contributed by atoms with Crippen LogP contribution in [0.4, 0.5) is 5.82 Å². The largest absolute Gasteiger partial charge is 0.496 e. The molecule has 0 aliphatic heterocycles. The van der Waals surface area contributed by atoms with Gasteiger partial charge in [0.25, 0.3) is 0 Å². The van der Waals surface area contributed by atoms with Crippen molar-refractivity contribution in [3.63, 3.8) is 0 Å². The molecule has 1 aromatic carbocycles.